The number of carbonyl (C=O) groups is 2. The van der Waals surface area contributed by atoms with Crippen LogP contribution in [-0.2, 0) is 9.53 Å². The molecule has 0 radical (unpaired) electrons. The lowest BCUT2D eigenvalue weighted by Crippen LogP contribution is -2.26. The lowest BCUT2D eigenvalue weighted by molar-refractivity contribution is -0.124. The molecule has 0 bridgehead atoms. The number of rotatable bonds is 6. The van der Waals surface area contributed by atoms with Gasteiger partial charge in [0.2, 0.25) is 0 Å². The van der Waals surface area contributed by atoms with Gasteiger partial charge in [-0.15, -0.1) is 0 Å². The molecule has 0 aliphatic carbocycles. The summed E-state index contributed by atoms with van der Waals surface area (Å²) in [6.45, 7) is 0.620. The largest absolute Gasteiger partial charge is 0.495 e. The summed E-state index contributed by atoms with van der Waals surface area (Å²) in [5.74, 6) is 0.539. The molecule has 0 aromatic heterocycles. The fourth-order valence-corrected chi connectivity index (χ4v) is 3.40. The van der Waals surface area contributed by atoms with Crippen molar-refractivity contribution < 1.29 is 23.8 Å². The van der Waals surface area contributed by atoms with Crippen molar-refractivity contribution in [2.24, 2.45) is 0 Å². The Kier molecular flexibility index (Phi) is 6.53. The fourth-order valence-electron chi connectivity index (χ4n) is 2.85. The van der Waals surface area contributed by atoms with Gasteiger partial charge in [-0.3, -0.25) is 9.59 Å². The van der Waals surface area contributed by atoms with E-state index in [1.54, 1.807) is 36.4 Å². The maximum absolute atomic E-state index is 12.6. The fraction of sp³-hybridized carbons (Fsp3) is 0.300. The van der Waals surface area contributed by atoms with E-state index in [0.29, 0.717) is 39.5 Å². The SMILES string of the molecule is COc1cc(C(=O)Nc2ccc(NC(=O)C3CCCO3)cc2)cc(OC)c1Br. The molecule has 1 saturated heterocycles. The highest BCUT2D eigenvalue weighted by Crippen LogP contribution is 2.35. The first-order valence-corrected chi connectivity index (χ1v) is 9.56. The molecular formula is C20H21BrN2O5. The molecule has 0 spiro atoms. The van der Waals surface area contributed by atoms with Gasteiger partial charge in [-0.25, -0.2) is 0 Å². The van der Waals surface area contributed by atoms with Crippen molar-refractivity contribution in [3.05, 3.63) is 46.4 Å². The van der Waals surface area contributed by atoms with Crippen LogP contribution in [0.15, 0.2) is 40.9 Å². The maximum Gasteiger partial charge on any atom is 0.255 e. The third kappa shape index (κ3) is 4.63. The van der Waals surface area contributed by atoms with Crippen LogP contribution in [0.5, 0.6) is 11.5 Å². The van der Waals surface area contributed by atoms with Gasteiger partial charge >= 0.3 is 0 Å². The highest BCUT2D eigenvalue weighted by atomic mass is 79.9. The van der Waals surface area contributed by atoms with E-state index >= 15 is 0 Å². The molecule has 2 N–H and O–H groups in total. The van der Waals surface area contributed by atoms with Crippen LogP contribution < -0.4 is 20.1 Å². The van der Waals surface area contributed by atoms with Crippen molar-refractivity contribution in [3.8, 4) is 11.5 Å². The van der Waals surface area contributed by atoms with E-state index in [0.717, 1.165) is 12.8 Å². The minimum Gasteiger partial charge on any atom is -0.495 e. The molecular weight excluding hydrogens is 428 g/mol. The summed E-state index contributed by atoms with van der Waals surface area (Å²) in [7, 11) is 3.04. The number of ether oxygens (including phenoxy) is 3. The molecule has 1 fully saturated rings. The molecule has 28 heavy (non-hydrogen) atoms. The predicted molar refractivity (Wildman–Crippen MR) is 109 cm³/mol. The van der Waals surface area contributed by atoms with Gasteiger partial charge < -0.3 is 24.8 Å². The minimum absolute atomic E-state index is 0.150. The van der Waals surface area contributed by atoms with E-state index in [1.165, 1.54) is 14.2 Å². The third-order valence-corrected chi connectivity index (χ3v) is 5.12. The van der Waals surface area contributed by atoms with Crippen LogP contribution in [0.1, 0.15) is 23.2 Å². The number of hydrogen-bond acceptors (Lipinski definition) is 5. The van der Waals surface area contributed by atoms with Crippen LogP contribution in [0.25, 0.3) is 0 Å². The number of benzene rings is 2. The maximum atomic E-state index is 12.6. The summed E-state index contributed by atoms with van der Waals surface area (Å²) < 4.78 is 16.5. The van der Waals surface area contributed by atoms with E-state index in [2.05, 4.69) is 26.6 Å². The Morgan fingerprint density at radius 2 is 1.61 bits per heavy atom. The molecule has 0 saturated carbocycles. The Labute approximate surface area is 171 Å². The smallest absolute Gasteiger partial charge is 0.255 e. The van der Waals surface area contributed by atoms with Crippen LogP contribution >= 0.6 is 15.9 Å². The minimum atomic E-state index is -0.387. The van der Waals surface area contributed by atoms with E-state index in [1.807, 2.05) is 0 Å². The highest BCUT2D eigenvalue weighted by molar-refractivity contribution is 9.10. The second-order valence-electron chi connectivity index (χ2n) is 6.22. The van der Waals surface area contributed by atoms with E-state index in [9.17, 15) is 9.59 Å². The van der Waals surface area contributed by atoms with Crippen molar-refractivity contribution in [1.29, 1.82) is 0 Å². The molecule has 1 unspecified atom stereocenters. The summed E-state index contributed by atoms with van der Waals surface area (Å²) in [5, 5.41) is 5.63. The van der Waals surface area contributed by atoms with Crippen molar-refractivity contribution in [2.45, 2.75) is 18.9 Å². The monoisotopic (exact) mass is 448 g/mol. The molecule has 1 heterocycles. The van der Waals surface area contributed by atoms with Crippen LogP contribution in [0.2, 0.25) is 0 Å². The Morgan fingerprint density at radius 3 is 2.11 bits per heavy atom. The molecule has 1 aliphatic heterocycles. The van der Waals surface area contributed by atoms with Crippen molar-refractivity contribution >= 4 is 39.1 Å². The van der Waals surface area contributed by atoms with Gasteiger partial charge in [0.05, 0.1) is 14.2 Å². The molecule has 3 rings (SSSR count). The number of anilines is 2. The van der Waals surface area contributed by atoms with Crippen LogP contribution in [-0.4, -0.2) is 38.7 Å². The first-order valence-electron chi connectivity index (χ1n) is 8.77. The zero-order valence-electron chi connectivity index (χ0n) is 15.6. The van der Waals surface area contributed by atoms with Gasteiger partial charge in [-0.2, -0.15) is 0 Å². The molecule has 148 valence electrons. The van der Waals surface area contributed by atoms with Gasteiger partial charge in [0.1, 0.15) is 22.1 Å². The van der Waals surface area contributed by atoms with Gasteiger partial charge in [-0.1, -0.05) is 0 Å². The normalized spacial score (nSPS) is 15.8. The first kappa shape index (κ1) is 20.2. The lowest BCUT2D eigenvalue weighted by Gasteiger charge is -2.13. The van der Waals surface area contributed by atoms with Gasteiger partial charge in [0, 0.05) is 23.5 Å². The van der Waals surface area contributed by atoms with Crippen molar-refractivity contribution in [1.82, 2.24) is 0 Å². The number of halogens is 1. The first-order chi connectivity index (χ1) is 13.5. The average Bonchev–Trinajstić information content (AvgIpc) is 3.24. The van der Waals surface area contributed by atoms with Crippen LogP contribution in [0.4, 0.5) is 11.4 Å². The number of nitrogens with one attached hydrogen (secondary N) is 2. The third-order valence-electron chi connectivity index (χ3n) is 4.34. The van der Waals surface area contributed by atoms with Crippen molar-refractivity contribution in [2.75, 3.05) is 31.5 Å². The number of hydrogen-bond donors (Lipinski definition) is 2. The van der Waals surface area contributed by atoms with E-state index in [4.69, 9.17) is 14.2 Å². The number of carbonyl (C=O) groups excluding carboxylic acids is 2. The van der Waals surface area contributed by atoms with Gasteiger partial charge in [-0.05, 0) is 65.2 Å². The van der Waals surface area contributed by atoms with E-state index < -0.39 is 0 Å². The molecule has 2 amide bonds. The number of amides is 2. The molecule has 2 aromatic carbocycles. The van der Waals surface area contributed by atoms with Crippen LogP contribution in [0, 0.1) is 0 Å². The molecule has 8 heteroatoms. The summed E-state index contributed by atoms with van der Waals surface area (Å²) in [6.07, 6.45) is 1.25. The van der Waals surface area contributed by atoms with E-state index in [-0.39, 0.29) is 17.9 Å². The number of methoxy groups -OCH3 is 2. The predicted octanol–water partition coefficient (Wildman–Crippen LogP) is 3.84. The summed E-state index contributed by atoms with van der Waals surface area (Å²) in [6, 6.07) is 10.1. The second kappa shape index (κ2) is 9.07. The average molecular weight is 449 g/mol. The second-order valence-corrected chi connectivity index (χ2v) is 7.01. The van der Waals surface area contributed by atoms with Crippen molar-refractivity contribution in [3.63, 3.8) is 0 Å². The van der Waals surface area contributed by atoms with Gasteiger partial charge in [0.25, 0.3) is 11.8 Å². The quantitative estimate of drug-likeness (QED) is 0.700. The molecule has 7 nitrogen and oxygen atoms in total. The van der Waals surface area contributed by atoms with Gasteiger partial charge in [0.15, 0.2) is 0 Å². The Morgan fingerprint density at radius 1 is 1.04 bits per heavy atom. The lowest BCUT2D eigenvalue weighted by atomic mass is 10.1. The summed E-state index contributed by atoms with van der Waals surface area (Å²) in [5.41, 5.74) is 1.64. The summed E-state index contributed by atoms with van der Waals surface area (Å²) in [4.78, 5) is 24.7. The molecule has 2 aromatic rings. The zero-order valence-corrected chi connectivity index (χ0v) is 17.2. The van der Waals surface area contributed by atoms with Crippen LogP contribution in [0.3, 0.4) is 0 Å². The molecule has 1 aliphatic rings. The topological polar surface area (TPSA) is 85.9 Å². The Bertz CT molecular complexity index is 838. The highest BCUT2D eigenvalue weighted by Gasteiger charge is 2.23. The Balaban J connectivity index is 1.66. The zero-order chi connectivity index (χ0) is 20.1. The molecule has 1 atom stereocenters. The Hall–Kier alpha value is -2.58. The summed E-state index contributed by atoms with van der Waals surface area (Å²) >= 11 is 3.38. The standard InChI is InChI=1S/C20H21BrN2O5/c1-26-16-10-12(11-17(27-2)18(16)21)19(24)22-13-5-7-14(8-6-13)23-20(25)15-4-3-9-28-15/h5-8,10-11,15H,3-4,9H2,1-2H3,(H,22,24)(H,23,25).